The molecule has 220 valence electrons. The number of aryl methyl sites for hydroxylation is 1. The molecular weight excluding hydrogens is 538 g/mol. The molecule has 7 nitrogen and oxygen atoms in total. The summed E-state index contributed by atoms with van der Waals surface area (Å²) in [4.78, 5) is 35.5. The van der Waals surface area contributed by atoms with Gasteiger partial charge < -0.3 is 14.4 Å². The predicted molar refractivity (Wildman–Crippen MR) is 170 cm³/mol. The number of carbonyl (C=O) groups excluding carboxylic acids is 1. The minimum atomic E-state index is -0.503. The van der Waals surface area contributed by atoms with Crippen molar-refractivity contribution in [2.45, 2.75) is 39.2 Å². The summed E-state index contributed by atoms with van der Waals surface area (Å²) >= 11 is 0. The summed E-state index contributed by atoms with van der Waals surface area (Å²) < 4.78 is 12.6. The van der Waals surface area contributed by atoms with Gasteiger partial charge in [-0.1, -0.05) is 68.4 Å². The van der Waals surface area contributed by atoms with Crippen molar-refractivity contribution in [1.82, 2.24) is 14.5 Å². The van der Waals surface area contributed by atoms with Crippen molar-refractivity contribution in [2.24, 2.45) is 0 Å². The number of hydrogen-bond acceptors (Lipinski definition) is 5. The first-order chi connectivity index (χ1) is 21.0. The van der Waals surface area contributed by atoms with E-state index < -0.39 is 6.04 Å². The van der Waals surface area contributed by atoms with Gasteiger partial charge in [-0.05, 0) is 66.8 Å². The molecule has 0 fully saturated rings. The van der Waals surface area contributed by atoms with Gasteiger partial charge in [0.15, 0.2) is 0 Å². The Labute approximate surface area is 252 Å². The van der Waals surface area contributed by atoms with E-state index in [1.165, 1.54) is 5.56 Å². The van der Waals surface area contributed by atoms with Crippen molar-refractivity contribution in [3.63, 3.8) is 0 Å². The number of para-hydroxylation sites is 1. The molecule has 0 spiro atoms. The zero-order chi connectivity index (χ0) is 30.3. The molecule has 1 heterocycles. The van der Waals surface area contributed by atoms with Gasteiger partial charge >= 0.3 is 0 Å². The molecule has 7 heteroatoms. The van der Waals surface area contributed by atoms with E-state index in [0.29, 0.717) is 58.9 Å². The monoisotopic (exact) mass is 575 g/mol. The molecule has 5 rings (SSSR count). The van der Waals surface area contributed by atoms with Crippen LogP contribution in [0.1, 0.15) is 53.6 Å². The Morgan fingerprint density at radius 3 is 2.12 bits per heavy atom. The summed E-state index contributed by atoms with van der Waals surface area (Å²) in [6, 6.07) is 30.1. The van der Waals surface area contributed by atoms with Crippen LogP contribution < -0.4 is 15.0 Å². The molecule has 0 aliphatic rings. The number of aromatic nitrogens is 2. The number of amides is 1. The van der Waals surface area contributed by atoms with E-state index in [9.17, 15) is 9.59 Å². The maximum atomic E-state index is 14.5. The third-order valence-electron chi connectivity index (χ3n) is 7.81. The van der Waals surface area contributed by atoms with Gasteiger partial charge in [0.25, 0.3) is 11.5 Å². The van der Waals surface area contributed by atoms with Crippen LogP contribution in [-0.2, 0) is 12.8 Å². The fourth-order valence-electron chi connectivity index (χ4n) is 5.44. The molecule has 0 N–H and O–H groups in total. The van der Waals surface area contributed by atoms with Gasteiger partial charge in [-0.3, -0.25) is 14.2 Å². The highest BCUT2D eigenvalue weighted by atomic mass is 16.5. The number of hydrogen-bond donors (Lipinski definition) is 0. The number of fused-ring (bicyclic) bond motifs is 1. The van der Waals surface area contributed by atoms with Crippen LogP contribution in [0.5, 0.6) is 11.5 Å². The van der Waals surface area contributed by atoms with E-state index in [1.54, 1.807) is 43.1 Å². The lowest BCUT2D eigenvalue weighted by atomic mass is 10.0. The van der Waals surface area contributed by atoms with Crippen molar-refractivity contribution < 1.29 is 14.3 Å². The second-order valence-corrected chi connectivity index (χ2v) is 10.4. The average molecular weight is 576 g/mol. The number of methoxy groups -OCH3 is 2. The van der Waals surface area contributed by atoms with E-state index in [-0.39, 0.29) is 11.5 Å². The topological polar surface area (TPSA) is 73.7 Å². The quantitative estimate of drug-likeness (QED) is 0.173. The minimum Gasteiger partial charge on any atom is -0.497 e. The van der Waals surface area contributed by atoms with Gasteiger partial charge in [-0.25, -0.2) is 4.98 Å². The molecule has 0 bridgehead atoms. The summed E-state index contributed by atoms with van der Waals surface area (Å²) in [7, 11) is 3.12. The molecule has 43 heavy (non-hydrogen) atoms. The van der Waals surface area contributed by atoms with Crippen LogP contribution in [0.15, 0.2) is 102 Å². The zero-order valence-corrected chi connectivity index (χ0v) is 25.1. The average Bonchev–Trinajstić information content (AvgIpc) is 3.06. The Morgan fingerprint density at radius 2 is 1.49 bits per heavy atom. The number of carbonyl (C=O) groups is 1. The largest absolute Gasteiger partial charge is 0.497 e. The van der Waals surface area contributed by atoms with E-state index in [4.69, 9.17) is 14.5 Å². The van der Waals surface area contributed by atoms with E-state index in [0.717, 1.165) is 12.0 Å². The third-order valence-corrected chi connectivity index (χ3v) is 7.81. The van der Waals surface area contributed by atoms with Crippen LogP contribution in [0.2, 0.25) is 0 Å². The summed E-state index contributed by atoms with van der Waals surface area (Å²) in [5, 5.41) is 0.528. The van der Waals surface area contributed by atoms with Gasteiger partial charge in [0.1, 0.15) is 17.3 Å². The Balaban J connectivity index is 1.69. The highest BCUT2D eigenvalue weighted by Crippen LogP contribution is 2.30. The predicted octanol–water partition coefficient (Wildman–Crippen LogP) is 6.80. The molecule has 0 aliphatic carbocycles. The summed E-state index contributed by atoms with van der Waals surface area (Å²) in [6.45, 7) is 4.53. The van der Waals surface area contributed by atoms with Crippen molar-refractivity contribution in [3.05, 3.63) is 130 Å². The molecule has 1 amide bonds. The molecule has 0 saturated carbocycles. The molecule has 0 radical (unpaired) electrons. The number of benzene rings is 4. The second kappa shape index (κ2) is 13.4. The second-order valence-electron chi connectivity index (χ2n) is 10.4. The maximum Gasteiger partial charge on any atom is 0.266 e. The first kappa shape index (κ1) is 29.6. The van der Waals surface area contributed by atoms with Gasteiger partial charge in [0.2, 0.25) is 0 Å². The fourth-order valence-corrected chi connectivity index (χ4v) is 5.44. The van der Waals surface area contributed by atoms with Crippen LogP contribution in [0.3, 0.4) is 0 Å². The molecule has 0 aliphatic heterocycles. The van der Waals surface area contributed by atoms with Crippen LogP contribution >= 0.6 is 0 Å². The van der Waals surface area contributed by atoms with E-state index >= 15 is 0 Å². The van der Waals surface area contributed by atoms with Gasteiger partial charge in [0, 0.05) is 18.2 Å². The van der Waals surface area contributed by atoms with Crippen molar-refractivity contribution in [3.8, 4) is 17.2 Å². The van der Waals surface area contributed by atoms with Crippen LogP contribution in [-0.4, -0.2) is 41.1 Å². The van der Waals surface area contributed by atoms with Crippen LogP contribution in [0.25, 0.3) is 16.6 Å². The standard InChI is InChI=1S/C36H37N3O4/c1-5-25-16-18-28(19-17-25)39-34(37-32-15-11-10-14-31(32)36(39)41)33(6-2)38(21-20-26-12-8-7-9-13-26)35(40)27-22-29(42-3)24-30(23-27)43-4/h7-19,22-24,33H,5-6,20-21H2,1-4H3. The lowest BCUT2D eigenvalue weighted by Crippen LogP contribution is -2.39. The molecule has 1 atom stereocenters. The normalized spacial score (nSPS) is 11.7. The van der Waals surface area contributed by atoms with Gasteiger partial charge in [-0.15, -0.1) is 0 Å². The Kier molecular flexibility index (Phi) is 9.20. The number of rotatable bonds is 11. The lowest BCUT2D eigenvalue weighted by molar-refractivity contribution is 0.0661. The lowest BCUT2D eigenvalue weighted by Gasteiger charge is -2.33. The molecule has 4 aromatic carbocycles. The van der Waals surface area contributed by atoms with Crippen molar-refractivity contribution in [1.29, 1.82) is 0 Å². The highest BCUT2D eigenvalue weighted by Gasteiger charge is 2.30. The molecule has 5 aromatic rings. The van der Waals surface area contributed by atoms with Gasteiger partial charge in [0.05, 0.1) is 36.9 Å². The van der Waals surface area contributed by atoms with E-state index in [2.05, 4.69) is 19.1 Å². The number of ether oxygens (including phenoxy) is 2. The smallest absolute Gasteiger partial charge is 0.266 e. The zero-order valence-electron chi connectivity index (χ0n) is 25.1. The fraction of sp³-hybridized carbons (Fsp3) is 0.250. The Bertz CT molecular complexity index is 1740. The molecule has 1 aromatic heterocycles. The molecular formula is C36H37N3O4. The summed E-state index contributed by atoms with van der Waals surface area (Å²) in [5.74, 6) is 1.37. The first-order valence-electron chi connectivity index (χ1n) is 14.7. The maximum absolute atomic E-state index is 14.5. The SMILES string of the molecule is CCc1ccc(-n2c(C(CC)N(CCc3ccccc3)C(=O)c3cc(OC)cc(OC)c3)nc3ccccc3c2=O)cc1. The number of nitrogens with zero attached hydrogens (tertiary/aromatic N) is 3. The van der Waals surface area contributed by atoms with E-state index in [1.807, 2.05) is 72.5 Å². The van der Waals surface area contributed by atoms with Crippen LogP contribution in [0.4, 0.5) is 0 Å². The summed E-state index contributed by atoms with van der Waals surface area (Å²) in [5.41, 5.74) is 3.86. The Hall–Kier alpha value is -4.91. The molecule has 1 unspecified atom stereocenters. The summed E-state index contributed by atoms with van der Waals surface area (Å²) in [6.07, 6.45) is 2.06. The van der Waals surface area contributed by atoms with Gasteiger partial charge in [-0.2, -0.15) is 0 Å². The van der Waals surface area contributed by atoms with Crippen LogP contribution in [0, 0.1) is 0 Å². The van der Waals surface area contributed by atoms with Crippen molar-refractivity contribution >= 4 is 16.8 Å². The first-order valence-corrected chi connectivity index (χ1v) is 14.7. The molecule has 0 saturated heterocycles. The van der Waals surface area contributed by atoms with Crippen molar-refractivity contribution in [2.75, 3.05) is 20.8 Å². The Morgan fingerprint density at radius 1 is 0.837 bits per heavy atom. The third kappa shape index (κ3) is 6.31. The minimum absolute atomic E-state index is 0.165. The highest BCUT2D eigenvalue weighted by molar-refractivity contribution is 5.95.